The summed E-state index contributed by atoms with van der Waals surface area (Å²) in [6.07, 6.45) is 2.23. The van der Waals surface area contributed by atoms with Crippen LogP contribution in [0.1, 0.15) is 125 Å². The first kappa shape index (κ1) is 41.9. The Morgan fingerprint density at radius 1 is 0.543 bits per heavy atom. The normalized spacial score (nSPS) is 16.3. The highest BCUT2D eigenvalue weighted by Gasteiger charge is 2.69. The van der Waals surface area contributed by atoms with E-state index in [1.165, 1.54) is 11.1 Å². The maximum absolute atomic E-state index is 9.90. The number of pyridine rings is 1. The highest BCUT2D eigenvalue weighted by atomic mass is 16.5. The smallest absolute Gasteiger partial charge is 0.392 e. The molecular weight excluding hydrogens is 851 g/mol. The summed E-state index contributed by atoms with van der Waals surface area (Å²) in [6, 6.07) is 58.0. The van der Waals surface area contributed by atoms with Crippen LogP contribution in [-0.2, 0) is 16.7 Å². The van der Waals surface area contributed by atoms with Gasteiger partial charge >= 0.3 is 11.7 Å². The number of rotatable bonds is 7. The van der Waals surface area contributed by atoms with Crippen LogP contribution in [0.3, 0.4) is 0 Å². The number of hydrogen-bond acceptors (Lipinski definition) is 1. The molecule has 348 valence electrons. The van der Waals surface area contributed by atoms with Crippen molar-refractivity contribution in [2.45, 2.75) is 112 Å². The Morgan fingerprint density at radius 3 is 1.86 bits per heavy atom. The van der Waals surface area contributed by atoms with Crippen LogP contribution >= 0.6 is 0 Å². The summed E-state index contributed by atoms with van der Waals surface area (Å²) < 4.78 is 34.8. The SMILES string of the molecule is [2H]C(C)(C)c1cc2c(c(C([2H])(C)C)c1)OC13c4c(cc(-c5ccccc5)cc4-c4cc(-c5ccc(C(C)(C)C)cc5)cc[n+]41)-c1cccc4c1[n+]3c-2n4-c1ccc(C(C)(C)C(C)(C)C)cc1-c1ccccc1. The van der Waals surface area contributed by atoms with Crippen molar-refractivity contribution in [1.82, 2.24) is 4.57 Å². The summed E-state index contributed by atoms with van der Waals surface area (Å²) in [5.41, 5.74) is 20.3. The Kier molecular flexibility index (Phi) is 9.11. The van der Waals surface area contributed by atoms with E-state index < -0.39 is 17.6 Å². The van der Waals surface area contributed by atoms with Crippen molar-refractivity contribution >= 4 is 11.0 Å². The largest absolute Gasteiger partial charge is 0.499 e. The van der Waals surface area contributed by atoms with Gasteiger partial charge in [-0.2, -0.15) is 4.57 Å². The zero-order valence-electron chi connectivity index (χ0n) is 44.8. The van der Waals surface area contributed by atoms with Gasteiger partial charge in [-0.3, -0.25) is 0 Å². The zero-order chi connectivity index (χ0) is 50.7. The van der Waals surface area contributed by atoms with Gasteiger partial charge < -0.3 is 4.74 Å². The molecule has 1 spiro atoms. The maximum atomic E-state index is 9.90. The Hall–Kier alpha value is -7.04. The van der Waals surface area contributed by atoms with E-state index in [1.807, 2.05) is 27.7 Å². The molecule has 2 aromatic heterocycles. The first-order valence-electron chi connectivity index (χ1n) is 26.1. The number of hydrogen-bond donors (Lipinski definition) is 0. The molecule has 3 aliphatic heterocycles. The second kappa shape index (κ2) is 15.2. The van der Waals surface area contributed by atoms with Crippen LogP contribution in [0.25, 0.3) is 83.9 Å². The quantitative estimate of drug-likeness (QED) is 0.146. The molecule has 7 aromatic carbocycles. The Labute approximate surface area is 417 Å². The molecule has 4 nitrogen and oxygen atoms in total. The monoisotopic (exact) mass is 918 g/mol. The Balaban J connectivity index is 1.26. The first-order chi connectivity index (χ1) is 34.0. The maximum Gasteiger partial charge on any atom is 0.499 e. The highest BCUT2D eigenvalue weighted by molar-refractivity contribution is 6.00. The third-order valence-corrected chi connectivity index (χ3v) is 16.3. The van der Waals surface area contributed by atoms with Gasteiger partial charge in [-0.15, -0.1) is 9.13 Å². The molecule has 1 unspecified atom stereocenters. The van der Waals surface area contributed by atoms with Gasteiger partial charge in [0.05, 0.1) is 5.56 Å². The van der Waals surface area contributed by atoms with Crippen LogP contribution < -0.4 is 13.9 Å². The van der Waals surface area contributed by atoms with Crippen LogP contribution in [0.5, 0.6) is 5.75 Å². The summed E-state index contributed by atoms with van der Waals surface area (Å²) in [6.45, 7) is 26.3. The van der Waals surface area contributed by atoms with Gasteiger partial charge in [0.2, 0.25) is 5.69 Å². The van der Waals surface area contributed by atoms with Crippen molar-refractivity contribution in [3.05, 3.63) is 192 Å². The summed E-state index contributed by atoms with van der Waals surface area (Å²) in [5, 5.41) is 0. The number of aromatic nitrogens is 3. The Morgan fingerprint density at radius 2 is 1.20 bits per heavy atom. The highest BCUT2D eigenvalue weighted by Crippen LogP contribution is 2.56. The van der Waals surface area contributed by atoms with Crippen LogP contribution in [-0.4, -0.2) is 4.57 Å². The van der Waals surface area contributed by atoms with Gasteiger partial charge in [-0.05, 0) is 121 Å². The molecular formula is C66H65N3O+2. The van der Waals surface area contributed by atoms with E-state index in [9.17, 15) is 2.74 Å². The molecule has 0 amide bonds. The van der Waals surface area contributed by atoms with Gasteiger partial charge in [0.15, 0.2) is 23.0 Å². The lowest BCUT2D eigenvalue weighted by molar-refractivity contribution is -0.997. The molecule has 0 saturated carbocycles. The number of nitrogens with zero attached hydrogens (tertiary/aromatic N) is 3. The summed E-state index contributed by atoms with van der Waals surface area (Å²) in [7, 11) is 0. The van der Waals surface area contributed by atoms with Gasteiger partial charge in [-0.1, -0.05) is 186 Å². The average Bonchev–Trinajstić information content (AvgIpc) is 3.84. The van der Waals surface area contributed by atoms with Crippen molar-refractivity contribution in [2.24, 2.45) is 5.41 Å². The van der Waals surface area contributed by atoms with Gasteiger partial charge in [-0.25, -0.2) is 0 Å². The van der Waals surface area contributed by atoms with Gasteiger partial charge in [0, 0.05) is 31.6 Å². The standard InChI is InChI=1S/C66H65N3O/c1-40(2)46-34-51(41(3)4)61-55(35-46)62-68(56-31-30-49(65(11,12)64(8,9)10)39-52(56)44-22-17-14-18-23-44)57-25-19-24-50-53-36-47(42-20-15-13-16-21-42)37-54-58-38-45(43-26-28-48(29-27-43)63(5,6)7)32-33-67(58)66(70-61,59(53)54)69(62)60(50)57/h13-41H,1-12H3/q+2/i40D,41D. The van der Waals surface area contributed by atoms with E-state index in [2.05, 4.69) is 233 Å². The van der Waals surface area contributed by atoms with Crippen molar-refractivity contribution in [1.29, 1.82) is 0 Å². The molecule has 0 saturated heterocycles. The van der Waals surface area contributed by atoms with Crippen LogP contribution in [0.2, 0.25) is 0 Å². The fourth-order valence-electron chi connectivity index (χ4n) is 11.4. The molecule has 0 aliphatic carbocycles. The van der Waals surface area contributed by atoms with E-state index in [0.717, 1.165) is 101 Å². The third-order valence-electron chi connectivity index (χ3n) is 16.3. The van der Waals surface area contributed by atoms with Gasteiger partial charge in [0.25, 0.3) is 0 Å². The number of ether oxygens (including phenoxy) is 1. The second-order valence-corrected chi connectivity index (χ2v) is 23.1. The average molecular weight is 918 g/mol. The number of benzene rings is 7. The molecule has 0 bridgehead atoms. The van der Waals surface area contributed by atoms with Crippen molar-refractivity contribution in [3.63, 3.8) is 0 Å². The molecule has 4 heteroatoms. The lowest BCUT2D eigenvalue weighted by atomic mass is 9.65. The lowest BCUT2D eigenvalue weighted by Crippen LogP contribution is -2.78. The fraction of sp³-hybridized carbons (Fsp3) is 0.273. The molecule has 0 N–H and O–H groups in total. The summed E-state index contributed by atoms with van der Waals surface area (Å²) in [5.74, 6) is -1.69. The van der Waals surface area contributed by atoms with E-state index in [-0.39, 0.29) is 16.2 Å². The predicted molar refractivity (Wildman–Crippen MR) is 289 cm³/mol. The fourth-order valence-corrected chi connectivity index (χ4v) is 11.4. The topological polar surface area (TPSA) is 21.9 Å². The van der Waals surface area contributed by atoms with Crippen LogP contribution in [0.4, 0.5) is 0 Å². The first-order valence-corrected chi connectivity index (χ1v) is 25.1. The lowest BCUT2D eigenvalue weighted by Gasteiger charge is -2.39. The molecule has 1 atom stereocenters. The minimum atomic E-state index is -1.25. The van der Waals surface area contributed by atoms with Crippen LogP contribution in [0.15, 0.2) is 164 Å². The zero-order valence-corrected chi connectivity index (χ0v) is 42.8. The van der Waals surface area contributed by atoms with Crippen molar-refractivity contribution in [2.75, 3.05) is 0 Å². The molecule has 0 radical (unpaired) electrons. The molecule has 0 fully saturated rings. The van der Waals surface area contributed by atoms with E-state index in [4.69, 9.17) is 4.74 Å². The molecule has 3 aliphatic rings. The number of para-hydroxylation sites is 1. The molecule has 12 rings (SSSR count). The minimum Gasteiger partial charge on any atom is -0.392 e. The van der Waals surface area contributed by atoms with E-state index in [1.54, 1.807) is 0 Å². The third kappa shape index (κ3) is 6.27. The van der Waals surface area contributed by atoms with Crippen molar-refractivity contribution in [3.8, 4) is 78.6 Å². The summed E-state index contributed by atoms with van der Waals surface area (Å²) >= 11 is 0. The second-order valence-electron chi connectivity index (χ2n) is 23.1. The molecule has 5 heterocycles. The van der Waals surface area contributed by atoms with E-state index >= 15 is 0 Å². The van der Waals surface area contributed by atoms with E-state index in [0.29, 0.717) is 5.75 Å². The predicted octanol–water partition coefficient (Wildman–Crippen LogP) is 16.3. The van der Waals surface area contributed by atoms with Gasteiger partial charge in [0.1, 0.15) is 16.8 Å². The molecule has 9 aromatic rings. The minimum absolute atomic E-state index is 0.0161. The summed E-state index contributed by atoms with van der Waals surface area (Å²) in [4.78, 5) is 0. The Bertz CT molecular complexity index is 3710. The van der Waals surface area contributed by atoms with Crippen LogP contribution in [0, 0.1) is 5.41 Å². The van der Waals surface area contributed by atoms with Crippen molar-refractivity contribution < 1.29 is 16.6 Å². The number of imidazole rings is 1. The molecule has 70 heavy (non-hydrogen) atoms. The number of fused-ring (bicyclic) bond motifs is 5.